The molecular formula is C33H44F2N4O6. The van der Waals surface area contributed by atoms with Crippen LogP contribution in [0.2, 0.25) is 0 Å². The van der Waals surface area contributed by atoms with E-state index >= 15 is 0 Å². The number of hydrogen-bond acceptors (Lipinski definition) is 8. The Hall–Kier alpha value is -3.57. The van der Waals surface area contributed by atoms with E-state index in [4.69, 9.17) is 24.2 Å². The van der Waals surface area contributed by atoms with E-state index in [1.165, 1.54) is 11.8 Å². The number of carbonyl (C=O) groups excluding carboxylic acids is 3. The van der Waals surface area contributed by atoms with E-state index in [2.05, 4.69) is 5.32 Å². The predicted molar refractivity (Wildman–Crippen MR) is 162 cm³/mol. The van der Waals surface area contributed by atoms with E-state index < -0.39 is 60.0 Å². The molecule has 1 aromatic heterocycles. The first kappa shape index (κ1) is 32.8. The molecule has 246 valence electrons. The zero-order valence-corrected chi connectivity index (χ0v) is 26.9. The highest BCUT2D eigenvalue weighted by Gasteiger charge is 2.59. The largest absolute Gasteiger partial charge is 0.497 e. The average molecular weight is 631 g/mol. The van der Waals surface area contributed by atoms with Crippen molar-refractivity contribution in [2.75, 3.05) is 13.7 Å². The number of alkyl carbamates (subject to hydrolysis) is 1. The monoisotopic (exact) mass is 630 g/mol. The van der Waals surface area contributed by atoms with Crippen molar-refractivity contribution in [2.45, 2.75) is 110 Å². The van der Waals surface area contributed by atoms with Crippen LogP contribution in [0.15, 0.2) is 18.2 Å². The van der Waals surface area contributed by atoms with Crippen molar-refractivity contribution < 1.29 is 37.4 Å². The van der Waals surface area contributed by atoms with Crippen LogP contribution in [0, 0.1) is 17.3 Å². The second kappa shape index (κ2) is 12.7. The zero-order chi connectivity index (χ0) is 32.7. The van der Waals surface area contributed by atoms with Crippen molar-refractivity contribution in [3.05, 3.63) is 23.9 Å². The number of benzene rings is 1. The van der Waals surface area contributed by atoms with Gasteiger partial charge in [-0.25, -0.2) is 23.5 Å². The molecule has 3 aliphatic rings. The topological polar surface area (TPSA) is 120 Å². The first-order valence-electron chi connectivity index (χ1n) is 15.8. The van der Waals surface area contributed by atoms with Gasteiger partial charge in [0.1, 0.15) is 29.2 Å². The Kier molecular flexibility index (Phi) is 9.24. The van der Waals surface area contributed by atoms with Crippen LogP contribution in [0.4, 0.5) is 13.6 Å². The third-order valence-electron chi connectivity index (χ3n) is 9.48. The number of nitrogens with one attached hydrogen (secondary N) is 1. The lowest BCUT2D eigenvalue weighted by Gasteiger charge is -2.35. The van der Waals surface area contributed by atoms with Gasteiger partial charge in [-0.3, -0.25) is 9.59 Å². The summed E-state index contributed by atoms with van der Waals surface area (Å²) in [6.45, 7) is 8.75. The molecule has 1 aromatic carbocycles. The molecule has 1 N–H and O–H groups in total. The molecule has 2 amide bonds. The molecule has 12 heteroatoms. The summed E-state index contributed by atoms with van der Waals surface area (Å²) < 4.78 is 44.9. The van der Waals surface area contributed by atoms with E-state index in [0.29, 0.717) is 47.6 Å². The summed E-state index contributed by atoms with van der Waals surface area (Å²) >= 11 is 0. The van der Waals surface area contributed by atoms with Crippen molar-refractivity contribution in [1.29, 1.82) is 0 Å². The van der Waals surface area contributed by atoms with Crippen LogP contribution in [0.25, 0.3) is 11.0 Å². The molecule has 6 atom stereocenters. The highest BCUT2D eigenvalue weighted by molar-refractivity contribution is 5.92. The Bertz CT molecular complexity index is 1450. The van der Waals surface area contributed by atoms with Gasteiger partial charge in [-0.2, -0.15) is 0 Å². The zero-order valence-electron chi connectivity index (χ0n) is 26.9. The molecule has 5 rings (SSSR count). The van der Waals surface area contributed by atoms with Gasteiger partial charge in [0.15, 0.2) is 5.78 Å². The number of hydrogen-bond donors (Lipinski definition) is 1. The molecule has 2 aromatic rings. The lowest BCUT2D eigenvalue weighted by molar-refractivity contribution is -0.141. The van der Waals surface area contributed by atoms with E-state index in [0.717, 1.165) is 19.3 Å². The third-order valence-corrected chi connectivity index (χ3v) is 9.48. The average Bonchev–Trinajstić information content (AvgIpc) is 3.50. The summed E-state index contributed by atoms with van der Waals surface area (Å²) in [5, 5.41) is 2.69. The highest BCUT2D eigenvalue weighted by Crippen LogP contribution is 2.53. The van der Waals surface area contributed by atoms with Crippen LogP contribution in [0.3, 0.4) is 0 Å². The van der Waals surface area contributed by atoms with Gasteiger partial charge in [0.05, 0.1) is 30.7 Å². The summed E-state index contributed by atoms with van der Waals surface area (Å²) in [6, 6.07) is 3.56. The summed E-state index contributed by atoms with van der Waals surface area (Å²) in [5.74, 6) is -0.285. The Morgan fingerprint density at radius 1 is 1.18 bits per heavy atom. The predicted octanol–water partition coefficient (Wildman–Crippen LogP) is 5.49. The van der Waals surface area contributed by atoms with Gasteiger partial charge in [-0.1, -0.05) is 40.5 Å². The number of aryl methyl sites for hydroxylation is 1. The number of halogens is 2. The number of amides is 2. The van der Waals surface area contributed by atoms with Gasteiger partial charge in [-0.15, -0.1) is 0 Å². The number of ether oxygens (including phenoxy) is 3. The Labute approximate surface area is 262 Å². The summed E-state index contributed by atoms with van der Waals surface area (Å²) in [7, 11) is 1.58. The number of nitrogens with zero attached hydrogens (tertiary/aromatic N) is 3. The van der Waals surface area contributed by atoms with Gasteiger partial charge in [0.25, 0.3) is 0 Å². The summed E-state index contributed by atoms with van der Waals surface area (Å²) in [4.78, 5) is 51.5. The van der Waals surface area contributed by atoms with Crippen molar-refractivity contribution in [3.8, 4) is 11.6 Å². The highest BCUT2D eigenvalue weighted by atomic mass is 19.3. The van der Waals surface area contributed by atoms with Crippen molar-refractivity contribution in [1.82, 2.24) is 20.2 Å². The van der Waals surface area contributed by atoms with Gasteiger partial charge in [0.2, 0.25) is 18.2 Å². The summed E-state index contributed by atoms with van der Waals surface area (Å²) in [5.41, 5.74) is -0.0804. The van der Waals surface area contributed by atoms with Crippen LogP contribution in [0.1, 0.15) is 78.8 Å². The Morgan fingerprint density at radius 3 is 2.60 bits per heavy atom. The standard InChI is InChI=1S/C33H44F2N4O6/c1-18-25-17-39(27(18)19(2)40)30(41)28(32(3,4)5)38-31(42)45-33(16-26(34)35)15-20(33)10-8-7-9-11-23-29(44-25)37-24-14-21(43-6)12-13-22(24)36-23/h12-14,18,20,25-28H,7-11,15-17H2,1-6H3,(H,38,42)/t18-,20-,25+,27+,28-,33+/m1/s1. The smallest absolute Gasteiger partial charge is 0.408 e. The molecule has 1 aliphatic carbocycles. The molecule has 2 aliphatic heterocycles. The molecular weight excluding hydrogens is 586 g/mol. The molecule has 3 heterocycles. The Morgan fingerprint density at radius 2 is 1.93 bits per heavy atom. The number of methoxy groups -OCH3 is 1. The first-order chi connectivity index (χ1) is 21.2. The van der Waals surface area contributed by atoms with E-state index in [1.54, 1.807) is 33.9 Å². The molecule has 2 fully saturated rings. The number of alkyl halides is 2. The van der Waals surface area contributed by atoms with Gasteiger partial charge < -0.3 is 24.4 Å². The van der Waals surface area contributed by atoms with Crippen LogP contribution in [-0.2, 0) is 20.7 Å². The molecule has 1 saturated heterocycles. The molecule has 0 radical (unpaired) electrons. The Balaban J connectivity index is 1.52. The maximum absolute atomic E-state index is 14.2. The minimum Gasteiger partial charge on any atom is -0.497 e. The van der Waals surface area contributed by atoms with Crippen LogP contribution >= 0.6 is 0 Å². The normalized spacial score (nSPS) is 29.5. The van der Waals surface area contributed by atoms with E-state index in [9.17, 15) is 23.2 Å². The second-order valence-electron chi connectivity index (χ2n) is 13.9. The summed E-state index contributed by atoms with van der Waals surface area (Å²) in [6.07, 6.45) is -0.748. The van der Waals surface area contributed by atoms with E-state index in [-0.39, 0.29) is 18.2 Å². The fourth-order valence-corrected chi connectivity index (χ4v) is 6.91. The lowest BCUT2D eigenvalue weighted by atomic mass is 9.85. The first-order valence-corrected chi connectivity index (χ1v) is 15.8. The quantitative estimate of drug-likeness (QED) is 0.471. The van der Waals surface area contributed by atoms with Crippen molar-refractivity contribution in [3.63, 3.8) is 0 Å². The van der Waals surface area contributed by atoms with Gasteiger partial charge in [0, 0.05) is 24.3 Å². The molecule has 45 heavy (non-hydrogen) atoms. The van der Waals surface area contributed by atoms with Crippen LogP contribution in [-0.4, -0.2) is 76.5 Å². The van der Waals surface area contributed by atoms with Crippen molar-refractivity contribution >= 4 is 28.8 Å². The third kappa shape index (κ3) is 6.99. The fraction of sp³-hybridized carbons (Fsp3) is 0.667. The second-order valence-corrected chi connectivity index (χ2v) is 13.9. The van der Waals surface area contributed by atoms with Crippen molar-refractivity contribution in [2.24, 2.45) is 17.3 Å². The minimum absolute atomic E-state index is 0.0855. The number of ketones is 1. The molecule has 1 saturated carbocycles. The molecule has 0 spiro atoms. The number of fused-ring (bicyclic) bond motifs is 5. The van der Waals surface area contributed by atoms with Gasteiger partial charge >= 0.3 is 6.09 Å². The number of carbonyl (C=O) groups is 3. The molecule has 10 nitrogen and oxygen atoms in total. The lowest BCUT2D eigenvalue weighted by Crippen LogP contribution is -2.57. The van der Waals surface area contributed by atoms with Gasteiger partial charge in [-0.05, 0) is 50.2 Å². The number of aromatic nitrogens is 2. The maximum atomic E-state index is 14.2. The maximum Gasteiger partial charge on any atom is 0.408 e. The van der Waals surface area contributed by atoms with Crippen LogP contribution in [0.5, 0.6) is 11.6 Å². The minimum atomic E-state index is -2.63. The fourth-order valence-electron chi connectivity index (χ4n) is 6.91. The number of Topliss-reactive ketones (excluding diaryl/α,β-unsaturated/α-hetero) is 1. The molecule has 2 bridgehead atoms. The SMILES string of the molecule is COc1ccc2nc3c(nc2c1)O[C@H]1CN(C(=O)[C@H](C(C)(C)C)NC(=O)O[C@]2(CC(F)F)C[C@H]2CCCCC3)[C@H](C(C)=O)[C@@H]1C. The number of rotatable bonds is 4. The van der Waals surface area contributed by atoms with Crippen LogP contribution < -0.4 is 14.8 Å². The van der Waals surface area contributed by atoms with E-state index in [1.807, 2.05) is 19.1 Å². The molecule has 0 unspecified atom stereocenters.